The van der Waals surface area contributed by atoms with E-state index in [1.54, 1.807) is 0 Å². The number of nitrogens with zero attached hydrogens (tertiary/aromatic N) is 1. The van der Waals surface area contributed by atoms with Gasteiger partial charge in [-0.15, -0.1) is 0 Å². The lowest BCUT2D eigenvalue weighted by atomic mass is 10.3. The zero-order valence-electron chi connectivity index (χ0n) is 9.80. The third-order valence-electron chi connectivity index (χ3n) is 2.18. The average molecular weight is 202 g/mol. The summed E-state index contributed by atoms with van der Waals surface area (Å²) in [7, 11) is 0. The highest BCUT2D eigenvalue weighted by Crippen LogP contribution is 1.92. The summed E-state index contributed by atoms with van der Waals surface area (Å²) in [4.78, 5) is 2.37. The fourth-order valence-corrected chi connectivity index (χ4v) is 1.38. The maximum atomic E-state index is 5.53. The molecule has 0 rings (SSSR count). The topological polar surface area (TPSA) is 38.5 Å². The fraction of sp³-hybridized carbons (Fsp3) is 1.00. The molecule has 0 aromatic carbocycles. The molecule has 3 nitrogen and oxygen atoms in total. The van der Waals surface area contributed by atoms with Crippen molar-refractivity contribution in [2.45, 2.75) is 33.1 Å². The van der Waals surface area contributed by atoms with Gasteiger partial charge in [0, 0.05) is 26.2 Å². The molecular weight excluding hydrogens is 176 g/mol. The van der Waals surface area contributed by atoms with Crippen molar-refractivity contribution in [3.8, 4) is 0 Å². The van der Waals surface area contributed by atoms with Crippen LogP contribution in [0.5, 0.6) is 0 Å². The molecule has 0 aromatic heterocycles. The summed E-state index contributed by atoms with van der Waals surface area (Å²) in [5, 5.41) is 0. The van der Waals surface area contributed by atoms with Gasteiger partial charge in [0.1, 0.15) is 0 Å². The van der Waals surface area contributed by atoms with Gasteiger partial charge in [-0.3, -0.25) is 4.90 Å². The number of hydrogen-bond donors (Lipinski definition) is 1. The van der Waals surface area contributed by atoms with Crippen LogP contribution in [-0.4, -0.2) is 44.3 Å². The summed E-state index contributed by atoms with van der Waals surface area (Å²) in [6, 6.07) is 0. The molecule has 0 aliphatic heterocycles. The molecule has 0 unspecified atom stereocenters. The second-order valence-corrected chi connectivity index (χ2v) is 3.60. The van der Waals surface area contributed by atoms with Crippen LogP contribution in [0.3, 0.4) is 0 Å². The minimum Gasteiger partial charge on any atom is -0.380 e. The maximum Gasteiger partial charge on any atom is 0.0593 e. The van der Waals surface area contributed by atoms with E-state index in [0.29, 0.717) is 0 Å². The van der Waals surface area contributed by atoms with E-state index in [1.807, 2.05) is 0 Å². The third-order valence-corrected chi connectivity index (χ3v) is 2.18. The third kappa shape index (κ3) is 8.48. The molecule has 14 heavy (non-hydrogen) atoms. The van der Waals surface area contributed by atoms with Crippen LogP contribution in [0.1, 0.15) is 33.1 Å². The van der Waals surface area contributed by atoms with Crippen molar-refractivity contribution < 1.29 is 4.74 Å². The van der Waals surface area contributed by atoms with Crippen molar-refractivity contribution in [3.63, 3.8) is 0 Å². The van der Waals surface area contributed by atoms with E-state index in [2.05, 4.69) is 18.7 Å². The molecule has 3 heteroatoms. The van der Waals surface area contributed by atoms with Crippen LogP contribution in [-0.2, 0) is 4.74 Å². The van der Waals surface area contributed by atoms with Crippen LogP contribution in [0.25, 0.3) is 0 Å². The Balaban J connectivity index is 3.30. The second kappa shape index (κ2) is 11.0. The Labute approximate surface area is 88.6 Å². The lowest BCUT2D eigenvalue weighted by molar-refractivity contribution is 0.102. The Morgan fingerprint density at radius 3 is 2.36 bits per heavy atom. The van der Waals surface area contributed by atoms with Crippen LogP contribution in [0.4, 0.5) is 0 Å². The molecule has 0 radical (unpaired) electrons. The Morgan fingerprint density at radius 1 is 1.00 bits per heavy atom. The first-order chi connectivity index (χ1) is 6.85. The van der Waals surface area contributed by atoms with Gasteiger partial charge >= 0.3 is 0 Å². The van der Waals surface area contributed by atoms with Crippen molar-refractivity contribution in [2.24, 2.45) is 5.73 Å². The highest BCUT2D eigenvalue weighted by molar-refractivity contribution is 4.56. The first-order valence-corrected chi connectivity index (χ1v) is 5.85. The highest BCUT2D eigenvalue weighted by Gasteiger charge is 2.01. The number of nitrogens with two attached hydrogens (primary N) is 1. The van der Waals surface area contributed by atoms with Crippen molar-refractivity contribution in [1.29, 1.82) is 0 Å². The van der Waals surface area contributed by atoms with E-state index in [1.165, 1.54) is 19.3 Å². The summed E-state index contributed by atoms with van der Waals surface area (Å²) >= 11 is 0. The predicted molar refractivity (Wildman–Crippen MR) is 61.5 cm³/mol. The van der Waals surface area contributed by atoms with Crippen LogP contribution in [0.2, 0.25) is 0 Å². The van der Waals surface area contributed by atoms with Gasteiger partial charge in [-0.25, -0.2) is 0 Å². The minimum atomic E-state index is 0.745. The van der Waals surface area contributed by atoms with Gasteiger partial charge in [0.2, 0.25) is 0 Å². The summed E-state index contributed by atoms with van der Waals surface area (Å²) in [5.41, 5.74) is 5.53. The molecule has 0 spiro atoms. The molecule has 0 saturated carbocycles. The standard InChI is InChI=1S/C11H26N2O/c1-3-5-10-14-11-9-13(7-4-2)8-6-12/h3-12H2,1-2H3. The van der Waals surface area contributed by atoms with E-state index in [9.17, 15) is 0 Å². The van der Waals surface area contributed by atoms with Gasteiger partial charge in [0.05, 0.1) is 6.61 Å². The van der Waals surface area contributed by atoms with Crippen LogP contribution < -0.4 is 5.73 Å². The van der Waals surface area contributed by atoms with Crippen LogP contribution >= 0.6 is 0 Å². The first-order valence-electron chi connectivity index (χ1n) is 5.85. The quantitative estimate of drug-likeness (QED) is 0.545. The van der Waals surface area contributed by atoms with Crippen molar-refractivity contribution in [2.75, 3.05) is 39.4 Å². The lowest BCUT2D eigenvalue weighted by Crippen LogP contribution is -2.33. The van der Waals surface area contributed by atoms with Gasteiger partial charge in [0.15, 0.2) is 0 Å². The van der Waals surface area contributed by atoms with Gasteiger partial charge in [0.25, 0.3) is 0 Å². The normalized spacial score (nSPS) is 11.1. The maximum absolute atomic E-state index is 5.53. The van der Waals surface area contributed by atoms with E-state index >= 15 is 0 Å². The highest BCUT2D eigenvalue weighted by atomic mass is 16.5. The van der Waals surface area contributed by atoms with Crippen LogP contribution in [0.15, 0.2) is 0 Å². The summed E-state index contributed by atoms with van der Waals surface area (Å²) < 4.78 is 5.51. The van der Waals surface area contributed by atoms with E-state index in [-0.39, 0.29) is 0 Å². The number of hydrogen-bond acceptors (Lipinski definition) is 3. The van der Waals surface area contributed by atoms with Crippen molar-refractivity contribution in [3.05, 3.63) is 0 Å². The Morgan fingerprint density at radius 2 is 1.79 bits per heavy atom. The molecule has 2 N–H and O–H groups in total. The molecule has 0 fully saturated rings. The van der Waals surface area contributed by atoms with Gasteiger partial charge in [-0.1, -0.05) is 20.3 Å². The van der Waals surface area contributed by atoms with E-state index < -0.39 is 0 Å². The molecule has 0 aliphatic carbocycles. The van der Waals surface area contributed by atoms with Gasteiger partial charge < -0.3 is 10.5 Å². The van der Waals surface area contributed by atoms with Crippen LogP contribution in [0, 0.1) is 0 Å². The lowest BCUT2D eigenvalue weighted by Gasteiger charge is -2.20. The van der Waals surface area contributed by atoms with E-state index in [0.717, 1.165) is 39.4 Å². The summed E-state index contributed by atoms with van der Waals surface area (Å²) in [6.07, 6.45) is 3.57. The average Bonchev–Trinajstić information content (AvgIpc) is 2.18. The largest absolute Gasteiger partial charge is 0.380 e. The van der Waals surface area contributed by atoms with Gasteiger partial charge in [-0.05, 0) is 19.4 Å². The van der Waals surface area contributed by atoms with Crippen molar-refractivity contribution >= 4 is 0 Å². The van der Waals surface area contributed by atoms with Crippen molar-refractivity contribution in [1.82, 2.24) is 4.90 Å². The van der Waals surface area contributed by atoms with E-state index in [4.69, 9.17) is 10.5 Å². The van der Waals surface area contributed by atoms with Gasteiger partial charge in [-0.2, -0.15) is 0 Å². The molecule has 0 atom stereocenters. The zero-order valence-corrected chi connectivity index (χ0v) is 9.80. The molecule has 0 heterocycles. The number of unbranched alkanes of at least 4 members (excludes halogenated alkanes) is 1. The number of rotatable bonds is 10. The predicted octanol–water partition coefficient (Wildman–Crippen LogP) is 1.47. The summed E-state index contributed by atoms with van der Waals surface area (Å²) in [6.45, 7) is 10.0. The fourth-order valence-electron chi connectivity index (χ4n) is 1.38. The minimum absolute atomic E-state index is 0.745. The Hall–Kier alpha value is -0.120. The summed E-state index contributed by atoms with van der Waals surface area (Å²) in [5.74, 6) is 0. The molecule has 86 valence electrons. The Bertz CT molecular complexity index is 103. The zero-order chi connectivity index (χ0) is 10.6. The monoisotopic (exact) mass is 202 g/mol. The molecule has 0 aromatic rings. The smallest absolute Gasteiger partial charge is 0.0593 e. The molecule has 0 amide bonds. The Kier molecular flexibility index (Phi) is 10.9. The molecule has 0 bridgehead atoms. The molecule has 0 aliphatic rings. The SMILES string of the molecule is CCCCOCCN(CCC)CCN. The molecular formula is C11H26N2O. The number of ether oxygens (including phenoxy) is 1. The first kappa shape index (κ1) is 13.9. The second-order valence-electron chi connectivity index (χ2n) is 3.60. The molecule has 0 saturated heterocycles.